The van der Waals surface area contributed by atoms with E-state index in [9.17, 15) is 0 Å². The summed E-state index contributed by atoms with van der Waals surface area (Å²) in [5.74, 6) is 1.88. The maximum absolute atomic E-state index is 4.62. The molecule has 0 unspecified atom stereocenters. The van der Waals surface area contributed by atoms with E-state index in [1.165, 1.54) is 22.7 Å². The van der Waals surface area contributed by atoms with E-state index in [0.717, 1.165) is 62.6 Å². The van der Waals surface area contributed by atoms with E-state index in [4.69, 9.17) is 0 Å². The van der Waals surface area contributed by atoms with Crippen molar-refractivity contribution < 1.29 is 0 Å². The van der Waals surface area contributed by atoms with Gasteiger partial charge in [0, 0.05) is 70.1 Å². The Labute approximate surface area is 181 Å². The summed E-state index contributed by atoms with van der Waals surface area (Å²) in [6.07, 6.45) is 4.68. The van der Waals surface area contributed by atoms with E-state index in [0.29, 0.717) is 0 Å². The van der Waals surface area contributed by atoms with Crippen LogP contribution in [0.3, 0.4) is 0 Å². The largest absolute Gasteiger partial charge is 0.352 e. The van der Waals surface area contributed by atoms with Gasteiger partial charge >= 0.3 is 0 Å². The van der Waals surface area contributed by atoms with Crippen LogP contribution in [0, 0.1) is 0 Å². The number of benzene rings is 1. The fourth-order valence-electron chi connectivity index (χ4n) is 3.56. The molecule has 9 heteroatoms. The minimum atomic E-state index is 0.746. The Morgan fingerprint density at radius 2 is 2.00 bits per heavy atom. The van der Waals surface area contributed by atoms with Crippen LogP contribution in [0.15, 0.2) is 47.7 Å². The molecule has 1 aliphatic rings. The van der Waals surface area contributed by atoms with Gasteiger partial charge in [0.05, 0.1) is 6.54 Å². The zero-order valence-corrected chi connectivity index (χ0v) is 18.3. The van der Waals surface area contributed by atoms with Crippen molar-refractivity contribution in [1.29, 1.82) is 0 Å². The normalized spacial score (nSPS) is 14.9. The number of nitrogens with one attached hydrogen (secondary N) is 1. The lowest BCUT2D eigenvalue weighted by atomic mass is 10.1. The second-order valence-corrected chi connectivity index (χ2v) is 7.98. The second kappa shape index (κ2) is 9.71. The lowest BCUT2D eigenvalue weighted by Gasteiger charge is -2.36. The Balaban J connectivity index is 1.30. The summed E-state index contributed by atoms with van der Waals surface area (Å²) in [4.78, 5) is 13.7. The van der Waals surface area contributed by atoms with Gasteiger partial charge in [0.1, 0.15) is 5.82 Å². The highest BCUT2D eigenvalue weighted by molar-refractivity contribution is 7.09. The van der Waals surface area contributed by atoms with Crippen LogP contribution in [0.5, 0.6) is 0 Å². The predicted molar refractivity (Wildman–Crippen MR) is 121 cm³/mol. The molecular weight excluding hydrogens is 396 g/mol. The summed E-state index contributed by atoms with van der Waals surface area (Å²) >= 11 is 1.50. The van der Waals surface area contributed by atoms with Gasteiger partial charge in [-0.2, -0.15) is 9.47 Å². The first kappa shape index (κ1) is 20.3. The minimum absolute atomic E-state index is 0.746. The number of nitrogens with zero attached hydrogens (tertiary/aromatic N) is 7. The fraction of sp³-hybridized carbons (Fsp3) is 0.429. The molecule has 30 heavy (non-hydrogen) atoms. The van der Waals surface area contributed by atoms with Gasteiger partial charge in [-0.15, -0.1) is 0 Å². The van der Waals surface area contributed by atoms with Crippen LogP contribution >= 0.6 is 11.5 Å². The molecule has 1 fully saturated rings. The molecule has 0 aliphatic carbocycles. The Bertz CT molecular complexity index is 957. The topological polar surface area (TPSA) is 74.5 Å². The first-order valence-corrected chi connectivity index (χ1v) is 11.1. The molecule has 2 aromatic heterocycles. The highest BCUT2D eigenvalue weighted by atomic mass is 32.1. The number of hydrogen-bond donors (Lipinski definition) is 1. The predicted octanol–water partition coefficient (Wildman–Crippen LogP) is 2.24. The fourth-order valence-corrected chi connectivity index (χ4v) is 4.36. The van der Waals surface area contributed by atoms with Crippen LogP contribution in [-0.4, -0.2) is 63.2 Å². The number of rotatable bonds is 6. The minimum Gasteiger partial charge on any atom is -0.352 e. The zero-order valence-electron chi connectivity index (χ0n) is 17.5. The van der Waals surface area contributed by atoms with Crippen LogP contribution < -0.4 is 10.2 Å². The molecule has 158 valence electrons. The standard InChI is InChI=1S/C21H28N8S/c1-3-19-25-21(30-26-19)28-12-10-27(11-13-28)20(22-2)23-15-17-6-4-7-18(14-17)16-29-9-5-8-24-29/h4-9,14H,3,10-13,15-16H2,1-2H3,(H,22,23). The van der Waals surface area contributed by atoms with Gasteiger partial charge in [-0.25, -0.2) is 4.98 Å². The molecule has 3 heterocycles. The molecule has 4 rings (SSSR count). The van der Waals surface area contributed by atoms with Crippen molar-refractivity contribution in [2.24, 2.45) is 4.99 Å². The molecule has 0 spiro atoms. The number of hydrogen-bond acceptors (Lipinski definition) is 6. The third-order valence-electron chi connectivity index (χ3n) is 5.18. The molecule has 0 amide bonds. The third-order valence-corrected chi connectivity index (χ3v) is 6.00. The van der Waals surface area contributed by atoms with Crippen molar-refractivity contribution in [3.05, 3.63) is 59.7 Å². The summed E-state index contributed by atoms with van der Waals surface area (Å²) < 4.78 is 6.34. The van der Waals surface area contributed by atoms with Gasteiger partial charge in [-0.1, -0.05) is 31.2 Å². The highest BCUT2D eigenvalue weighted by Crippen LogP contribution is 2.19. The lowest BCUT2D eigenvalue weighted by Crippen LogP contribution is -2.52. The first-order chi connectivity index (χ1) is 14.7. The second-order valence-electron chi connectivity index (χ2n) is 7.25. The van der Waals surface area contributed by atoms with Gasteiger partial charge in [-0.05, 0) is 17.2 Å². The number of aliphatic imine (C=N–C) groups is 1. The summed E-state index contributed by atoms with van der Waals surface area (Å²) in [6, 6.07) is 10.6. The van der Waals surface area contributed by atoms with Crippen molar-refractivity contribution in [3.8, 4) is 0 Å². The van der Waals surface area contributed by atoms with Crippen LogP contribution in [0.2, 0.25) is 0 Å². The summed E-state index contributed by atoms with van der Waals surface area (Å²) in [7, 11) is 1.85. The van der Waals surface area contributed by atoms with Gasteiger partial charge in [0.15, 0.2) is 5.96 Å². The van der Waals surface area contributed by atoms with Crippen molar-refractivity contribution in [1.82, 2.24) is 29.4 Å². The van der Waals surface area contributed by atoms with E-state index in [2.05, 4.69) is 65.8 Å². The molecule has 0 saturated carbocycles. The number of piperazine rings is 1. The highest BCUT2D eigenvalue weighted by Gasteiger charge is 2.22. The Morgan fingerprint density at radius 1 is 1.17 bits per heavy atom. The van der Waals surface area contributed by atoms with E-state index in [1.807, 2.05) is 30.2 Å². The third kappa shape index (κ3) is 4.96. The van der Waals surface area contributed by atoms with Gasteiger partial charge in [-0.3, -0.25) is 9.67 Å². The molecule has 8 nitrogen and oxygen atoms in total. The van der Waals surface area contributed by atoms with Crippen molar-refractivity contribution in [2.75, 3.05) is 38.1 Å². The lowest BCUT2D eigenvalue weighted by molar-refractivity contribution is 0.372. The molecule has 1 aromatic carbocycles. The van der Waals surface area contributed by atoms with Crippen LogP contribution in [0.1, 0.15) is 23.9 Å². The SMILES string of the molecule is CCc1nsc(N2CCN(C(=NC)NCc3cccc(Cn4cccn4)c3)CC2)n1. The van der Waals surface area contributed by atoms with Gasteiger partial charge in [0.25, 0.3) is 0 Å². The molecule has 1 saturated heterocycles. The average molecular weight is 425 g/mol. The van der Waals surface area contributed by atoms with Gasteiger partial charge in [0.2, 0.25) is 5.13 Å². The van der Waals surface area contributed by atoms with Gasteiger partial charge < -0.3 is 15.1 Å². The average Bonchev–Trinajstić information content (AvgIpc) is 3.47. The Morgan fingerprint density at radius 3 is 2.70 bits per heavy atom. The maximum atomic E-state index is 4.62. The van der Waals surface area contributed by atoms with E-state index >= 15 is 0 Å². The smallest absolute Gasteiger partial charge is 0.205 e. The molecule has 1 aliphatic heterocycles. The van der Waals surface area contributed by atoms with E-state index in [1.54, 1.807) is 0 Å². The monoisotopic (exact) mass is 424 g/mol. The zero-order chi connectivity index (χ0) is 20.8. The summed E-state index contributed by atoms with van der Waals surface area (Å²) in [5.41, 5.74) is 2.48. The molecular formula is C21H28N8S. The molecule has 0 radical (unpaired) electrons. The molecule has 1 N–H and O–H groups in total. The number of aromatic nitrogens is 4. The molecule has 0 bridgehead atoms. The van der Waals surface area contributed by atoms with Crippen LogP contribution in [0.25, 0.3) is 0 Å². The van der Waals surface area contributed by atoms with Crippen LogP contribution in [0.4, 0.5) is 5.13 Å². The number of anilines is 1. The van der Waals surface area contributed by atoms with Crippen molar-refractivity contribution >= 4 is 22.6 Å². The van der Waals surface area contributed by atoms with E-state index in [-0.39, 0.29) is 0 Å². The van der Waals surface area contributed by atoms with Crippen molar-refractivity contribution in [3.63, 3.8) is 0 Å². The van der Waals surface area contributed by atoms with Crippen LogP contribution in [-0.2, 0) is 19.5 Å². The first-order valence-electron chi connectivity index (χ1n) is 10.3. The summed E-state index contributed by atoms with van der Waals surface area (Å²) in [5, 5.41) is 8.84. The Kier molecular flexibility index (Phi) is 6.58. The number of aryl methyl sites for hydroxylation is 1. The molecule has 3 aromatic rings. The maximum Gasteiger partial charge on any atom is 0.205 e. The molecule has 0 atom stereocenters. The van der Waals surface area contributed by atoms with Crippen molar-refractivity contribution in [2.45, 2.75) is 26.4 Å². The summed E-state index contributed by atoms with van der Waals surface area (Å²) in [6.45, 7) is 7.31. The van der Waals surface area contributed by atoms with E-state index < -0.39 is 0 Å². The number of guanidine groups is 1. The quantitative estimate of drug-likeness (QED) is 0.483. The Hall–Kier alpha value is -2.94.